The molecule has 0 bridgehead atoms. The molecule has 1 aromatic heterocycles. The summed E-state index contributed by atoms with van der Waals surface area (Å²) in [5.74, 6) is 0.876. The van der Waals surface area contributed by atoms with Gasteiger partial charge in [-0.05, 0) is 37.0 Å². The fraction of sp³-hybridized carbons (Fsp3) is 0.318. The molecular weight excluding hydrogens is 324 g/mol. The lowest BCUT2D eigenvalue weighted by Gasteiger charge is -2.26. The SMILES string of the molecule is CC[C@@H]1Cn2c(C(=O)NCCCc3ccccc3)cc3cccc(c32)O1. The van der Waals surface area contributed by atoms with Crippen LogP contribution in [-0.2, 0) is 13.0 Å². The molecule has 4 heteroatoms. The summed E-state index contributed by atoms with van der Waals surface area (Å²) in [5.41, 5.74) is 3.07. The lowest BCUT2D eigenvalue weighted by atomic mass is 10.1. The number of hydrogen-bond donors (Lipinski definition) is 1. The normalized spacial score (nSPS) is 15.7. The monoisotopic (exact) mass is 348 g/mol. The van der Waals surface area contributed by atoms with Crippen LogP contribution in [0, 0.1) is 0 Å². The molecule has 2 heterocycles. The number of nitrogens with one attached hydrogen (secondary N) is 1. The van der Waals surface area contributed by atoms with Gasteiger partial charge in [-0.1, -0.05) is 49.4 Å². The fourth-order valence-corrected chi connectivity index (χ4v) is 3.63. The van der Waals surface area contributed by atoms with Crippen LogP contribution in [0.1, 0.15) is 35.8 Å². The molecule has 0 aliphatic carbocycles. The molecule has 3 aromatic rings. The molecule has 0 fully saturated rings. The molecular formula is C22H24N2O2. The van der Waals surface area contributed by atoms with Gasteiger partial charge in [0, 0.05) is 11.9 Å². The minimum Gasteiger partial charge on any atom is -0.486 e. The zero-order valence-electron chi connectivity index (χ0n) is 15.1. The average Bonchev–Trinajstić information content (AvgIpc) is 3.06. The maximum absolute atomic E-state index is 12.8. The number of aromatic nitrogens is 1. The molecule has 1 atom stereocenters. The second-order valence-corrected chi connectivity index (χ2v) is 6.83. The van der Waals surface area contributed by atoms with Gasteiger partial charge >= 0.3 is 0 Å². The van der Waals surface area contributed by atoms with Gasteiger partial charge in [0.15, 0.2) is 0 Å². The van der Waals surface area contributed by atoms with Gasteiger partial charge in [0.25, 0.3) is 5.91 Å². The van der Waals surface area contributed by atoms with E-state index >= 15 is 0 Å². The molecule has 1 aliphatic heterocycles. The molecule has 0 saturated carbocycles. The topological polar surface area (TPSA) is 43.3 Å². The summed E-state index contributed by atoms with van der Waals surface area (Å²) in [6, 6.07) is 18.4. The highest BCUT2D eigenvalue weighted by Crippen LogP contribution is 2.34. The zero-order valence-corrected chi connectivity index (χ0v) is 15.1. The Morgan fingerprint density at radius 2 is 2.04 bits per heavy atom. The average molecular weight is 348 g/mol. The van der Waals surface area contributed by atoms with Crippen molar-refractivity contribution in [2.24, 2.45) is 0 Å². The molecule has 0 saturated heterocycles. The molecule has 2 aromatic carbocycles. The Kier molecular flexibility index (Phi) is 4.65. The van der Waals surface area contributed by atoms with E-state index in [1.165, 1.54) is 5.56 Å². The number of carbonyl (C=O) groups is 1. The molecule has 0 unspecified atom stereocenters. The number of hydrogen-bond acceptors (Lipinski definition) is 2. The first-order valence-electron chi connectivity index (χ1n) is 9.37. The Morgan fingerprint density at radius 1 is 1.19 bits per heavy atom. The summed E-state index contributed by atoms with van der Waals surface area (Å²) < 4.78 is 8.16. The van der Waals surface area contributed by atoms with Crippen LogP contribution >= 0.6 is 0 Å². The minimum absolute atomic E-state index is 0.00281. The van der Waals surface area contributed by atoms with E-state index in [1.54, 1.807) is 0 Å². The molecule has 26 heavy (non-hydrogen) atoms. The molecule has 1 N–H and O–H groups in total. The summed E-state index contributed by atoms with van der Waals surface area (Å²) in [7, 11) is 0. The highest BCUT2D eigenvalue weighted by atomic mass is 16.5. The number of nitrogens with zero attached hydrogens (tertiary/aromatic N) is 1. The van der Waals surface area contributed by atoms with Crippen molar-refractivity contribution in [1.82, 2.24) is 9.88 Å². The van der Waals surface area contributed by atoms with Crippen molar-refractivity contribution in [3.63, 3.8) is 0 Å². The lowest BCUT2D eigenvalue weighted by molar-refractivity contribution is 0.0937. The highest BCUT2D eigenvalue weighted by molar-refractivity contribution is 6.00. The first-order chi connectivity index (χ1) is 12.8. The van der Waals surface area contributed by atoms with E-state index in [4.69, 9.17) is 4.74 Å². The molecule has 1 aliphatic rings. The standard InChI is InChI=1S/C22H24N2O2/c1-2-18-15-24-19(14-17-11-6-12-20(26-18)21(17)24)22(25)23-13-7-10-16-8-4-3-5-9-16/h3-6,8-9,11-12,14,18H,2,7,10,13,15H2,1H3,(H,23,25)/t18-/m1/s1. The van der Waals surface area contributed by atoms with Gasteiger partial charge in [0.2, 0.25) is 0 Å². The van der Waals surface area contributed by atoms with Crippen LogP contribution in [0.5, 0.6) is 5.75 Å². The second-order valence-electron chi connectivity index (χ2n) is 6.83. The highest BCUT2D eigenvalue weighted by Gasteiger charge is 2.25. The smallest absolute Gasteiger partial charge is 0.267 e. The Morgan fingerprint density at radius 3 is 2.85 bits per heavy atom. The maximum Gasteiger partial charge on any atom is 0.267 e. The maximum atomic E-state index is 12.8. The number of benzene rings is 2. The number of aryl methyl sites for hydroxylation is 1. The van der Waals surface area contributed by atoms with Crippen molar-refractivity contribution in [1.29, 1.82) is 0 Å². The van der Waals surface area contributed by atoms with E-state index in [0.29, 0.717) is 6.54 Å². The third kappa shape index (κ3) is 3.19. The molecule has 4 rings (SSSR count). The summed E-state index contributed by atoms with van der Waals surface area (Å²) in [6.45, 7) is 3.52. The van der Waals surface area contributed by atoms with E-state index in [9.17, 15) is 4.79 Å². The number of carbonyl (C=O) groups excluding carboxylic acids is 1. The van der Waals surface area contributed by atoms with Gasteiger partial charge in [0.1, 0.15) is 17.5 Å². The summed E-state index contributed by atoms with van der Waals surface area (Å²) >= 11 is 0. The molecule has 4 nitrogen and oxygen atoms in total. The molecule has 1 amide bonds. The predicted molar refractivity (Wildman–Crippen MR) is 104 cm³/mol. The largest absolute Gasteiger partial charge is 0.486 e. The Balaban J connectivity index is 1.47. The van der Waals surface area contributed by atoms with Gasteiger partial charge in [-0.3, -0.25) is 4.79 Å². The second kappa shape index (κ2) is 7.24. The fourth-order valence-electron chi connectivity index (χ4n) is 3.63. The molecule has 0 spiro atoms. The third-order valence-electron chi connectivity index (χ3n) is 5.02. The zero-order chi connectivity index (χ0) is 17.9. The Bertz CT molecular complexity index is 915. The van der Waals surface area contributed by atoms with Crippen LogP contribution in [-0.4, -0.2) is 23.1 Å². The third-order valence-corrected chi connectivity index (χ3v) is 5.02. The predicted octanol–water partition coefficient (Wildman–Crippen LogP) is 4.17. The first kappa shape index (κ1) is 16.7. The van der Waals surface area contributed by atoms with Crippen LogP contribution in [0.2, 0.25) is 0 Å². The van der Waals surface area contributed by atoms with Gasteiger partial charge in [-0.25, -0.2) is 0 Å². The molecule has 134 valence electrons. The van der Waals surface area contributed by atoms with Crippen LogP contribution < -0.4 is 10.1 Å². The van der Waals surface area contributed by atoms with Crippen molar-refractivity contribution >= 4 is 16.8 Å². The van der Waals surface area contributed by atoms with Gasteiger partial charge < -0.3 is 14.6 Å². The van der Waals surface area contributed by atoms with Crippen LogP contribution in [0.25, 0.3) is 10.9 Å². The number of ether oxygens (including phenoxy) is 1. The van der Waals surface area contributed by atoms with Crippen molar-refractivity contribution in [2.75, 3.05) is 6.54 Å². The van der Waals surface area contributed by atoms with E-state index in [-0.39, 0.29) is 12.0 Å². The van der Waals surface area contributed by atoms with E-state index in [2.05, 4.69) is 41.1 Å². The number of rotatable bonds is 6. The summed E-state index contributed by atoms with van der Waals surface area (Å²) in [6.07, 6.45) is 2.94. The Hall–Kier alpha value is -2.75. The van der Waals surface area contributed by atoms with Gasteiger partial charge in [-0.15, -0.1) is 0 Å². The molecule has 0 radical (unpaired) electrons. The van der Waals surface area contributed by atoms with Crippen molar-refractivity contribution < 1.29 is 9.53 Å². The number of para-hydroxylation sites is 1. The summed E-state index contributed by atoms with van der Waals surface area (Å²) in [5, 5.41) is 4.14. The van der Waals surface area contributed by atoms with E-state index < -0.39 is 0 Å². The van der Waals surface area contributed by atoms with Crippen LogP contribution in [0.15, 0.2) is 54.6 Å². The first-order valence-corrected chi connectivity index (χ1v) is 9.37. The minimum atomic E-state index is -0.00281. The Labute approximate surface area is 153 Å². The lowest BCUT2D eigenvalue weighted by Crippen LogP contribution is -2.32. The summed E-state index contributed by atoms with van der Waals surface area (Å²) in [4.78, 5) is 12.8. The van der Waals surface area contributed by atoms with Crippen molar-refractivity contribution in [3.05, 3.63) is 65.9 Å². The van der Waals surface area contributed by atoms with Gasteiger partial charge in [-0.2, -0.15) is 0 Å². The van der Waals surface area contributed by atoms with Crippen LogP contribution in [0.3, 0.4) is 0 Å². The van der Waals surface area contributed by atoms with Gasteiger partial charge in [0.05, 0.1) is 12.1 Å². The number of amides is 1. The van der Waals surface area contributed by atoms with Crippen molar-refractivity contribution in [3.8, 4) is 5.75 Å². The van der Waals surface area contributed by atoms with E-state index in [1.807, 2.05) is 30.3 Å². The van der Waals surface area contributed by atoms with Crippen molar-refractivity contribution in [2.45, 2.75) is 38.8 Å². The van der Waals surface area contributed by atoms with Crippen LogP contribution in [0.4, 0.5) is 0 Å². The van der Waals surface area contributed by atoms with E-state index in [0.717, 1.165) is 48.2 Å². The quantitative estimate of drug-likeness (QED) is 0.679.